The van der Waals surface area contributed by atoms with Gasteiger partial charge in [0.2, 0.25) is 15.9 Å². The number of rotatable bonds is 5. The van der Waals surface area contributed by atoms with Crippen LogP contribution in [0.1, 0.15) is 5.56 Å². The second-order valence-corrected chi connectivity index (χ2v) is 12.2. The molecule has 0 aromatic heterocycles. The maximum absolute atomic E-state index is 14.3. The average Bonchev–Trinajstić information content (AvgIpc) is 2.94. The molecule has 0 saturated carbocycles. The Kier molecular flexibility index (Phi) is 7.98. The van der Waals surface area contributed by atoms with E-state index in [4.69, 9.17) is 11.6 Å². The first-order valence-corrected chi connectivity index (χ1v) is 14.6. The van der Waals surface area contributed by atoms with E-state index in [0.29, 0.717) is 11.3 Å². The number of carbonyl (C=O) groups is 1. The minimum atomic E-state index is -3.95. The zero-order valence-corrected chi connectivity index (χ0v) is 23.3. The van der Waals surface area contributed by atoms with Crippen molar-refractivity contribution in [1.82, 2.24) is 9.21 Å². The number of anilines is 2. The molecule has 1 amide bonds. The van der Waals surface area contributed by atoms with Crippen LogP contribution in [0.4, 0.5) is 24.5 Å². The molecule has 5 rings (SSSR count). The summed E-state index contributed by atoms with van der Waals surface area (Å²) < 4.78 is 70.2. The highest BCUT2D eigenvalue weighted by molar-refractivity contribution is 7.89. The van der Waals surface area contributed by atoms with Crippen molar-refractivity contribution in [3.63, 3.8) is 0 Å². The van der Waals surface area contributed by atoms with Crippen molar-refractivity contribution in [2.75, 3.05) is 55.6 Å². The van der Waals surface area contributed by atoms with Crippen LogP contribution in [0.3, 0.4) is 0 Å². The van der Waals surface area contributed by atoms with E-state index in [1.807, 2.05) is 4.90 Å². The molecule has 0 radical (unpaired) electrons. The second kappa shape index (κ2) is 11.3. The van der Waals surface area contributed by atoms with Gasteiger partial charge in [-0.05, 0) is 61.0 Å². The topological polar surface area (TPSA) is 64.2 Å². The number of benzene rings is 3. The molecule has 2 fully saturated rings. The summed E-state index contributed by atoms with van der Waals surface area (Å²) in [6, 6.07) is 12.6. The maximum Gasteiger partial charge on any atom is 0.246 e. The Labute approximate surface area is 236 Å². The number of piperazine rings is 2. The molecule has 0 spiro atoms. The van der Waals surface area contributed by atoms with Crippen LogP contribution < -0.4 is 9.80 Å². The van der Waals surface area contributed by atoms with Gasteiger partial charge in [0, 0.05) is 62.6 Å². The summed E-state index contributed by atoms with van der Waals surface area (Å²) in [7, 11) is -3.95. The van der Waals surface area contributed by atoms with E-state index in [2.05, 4.69) is 0 Å². The molecule has 0 aliphatic carbocycles. The summed E-state index contributed by atoms with van der Waals surface area (Å²) in [4.78, 5) is 19.1. The standard InChI is InChI=1S/C28H28ClF3N4O3S/c1-19-15-21(30)6-8-25(19)36-14-13-35(40(38,39)23-4-2-3-20(29)16-23)18-27(36)28(37)34-11-9-33(10-12-34)26-17-22(31)5-7-24(26)32/h2-8,15-17,27H,9-14,18H2,1H3. The Morgan fingerprint density at radius 2 is 1.55 bits per heavy atom. The highest BCUT2D eigenvalue weighted by Crippen LogP contribution is 2.30. The highest BCUT2D eigenvalue weighted by Gasteiger charge is 2.40. The molecule has 0 N–H and O–H groups in total. The third kappa shape index (κ3) is 5.63. The SMILES string of the molecule is Cc1cc(F)ccc1N1CCN(S(=O)(=O)c2cccc(Cl)c2)CC1C(=O)N1CCN(c2cc(F)ccc2F)CC1. The highest BCUT2D eigenvalue weighted by atomic mass is 35.5. The Bertz CT molecular complexity index is 1530. The predicted octanol–water partition coefficient (Wildman–Crippen LogP) is 4.29. The fraction of sp³-hybridized carbons (Fsp3) is 0.321. The minimum Gasteiger partial charge on any atom is -0.366 e. The van der Waals surface area contributed by atoms with Crippen LogP contribution in [0.15, 0.2) is 65.6 Å². The Morgan fingerprint density at radius 3 is 2.25 bits per heavy atom. The fourth-order valence-electron chi connectivity index (χ4n) is 5.30. The number of aryl methyl sites for hydroxylation is 1. The molecule has 1 atom stereocenters. The van der Waals surface area contributed by atoms with Gasteiger partial charge in [0.15, 0.2) is 0 Å². The van der Waals surface area contributed by atoms with Gasteiger partial charge in [-0.25, -0.2) is 21.6 Å². The summed E-state index contributed by atoms with van der Waals surface area (Å²) in [5.74, 6) is -1.81. The molecule has 2 aliphatic heterocycles. The fourth-order valence-corrected chi connectivity index (χ4v) is 7.04. The van der Waals surface area contributed by atoms with Gasteiger partial charge in [-0.15, -0.1) is 0 Å². The molecule has 3 aromatic rings. The lowest BCUT2D eigenvalue weighted by molar-refractivity contribution is -0.133. The molecule has 2 saturated heterocycles. The Balaban J connectivity index is 1.40. The van der Waals surface area contributed by atoms with Crippen LogP contribution in [-0.4, -0.2) is 75.4 Å². The molecule has 0 bridgehead atoms. The molecular formula is C28H28ClF3N4O3S. The second-order valence-electron chi connectivity index (χ2n) is 9.87. The van der Waals surface area contributed by atoms with Gasteiger partial charge in [0.25, 0.3) is 0 Å². The van der Waals surface area contributed by atoms with Crippen molar-refractivity contribution in [2.45, 2.75) is 17.9 Å². The molecule has 7 nitrogen and oxygen atoms in total. The van der Waals surface area contributed by atoms with E-state index in [-0.39, 0.29) is 67.3 Å². The van der Waals surface area contributed by atoms with Crippen LogP contribution in [0.2, 0.25) is 5.02 Å². The van der Waals surface area contributed by atoms with Gasteiger partial charge in [-0.3, -0.25) is 4.79 Å². The van der Waals surface area contributed by atoms with Crippen molar-refractivity contribution >= 4 is 38.9 Å². The van der Waals surface area contributed by atoms with E-state index in [1.54, 1.807) is 34.9 Å². The molecule has 40 heavy (non-hydrogen) atoms. The van der Waals surface area contributed by atoms with Gasteiger partial charge in [0.1, 0.15) is 23.5 Å². The molecule has 2 aliphatic rings. The van der Waals surface area contributed by atoms with Gasteiger partial charge >= 0.3 is 0 Å². The van der Waals surface area contributed by atoms with Crippen molar-refractivity contribution in [3.8, 4) is 0 Å². The van der Waals surface area contributed by atoms with E-state index < -0.39 is 33.5 Å². The van der Waals surface area contributed by atoms with Gasteiger partial charge in [0.05, 0.1) is 10.6 Å². The van der Waals surface area contributed by atoms with E-state index in [1.165, 1.54) is 28.6 Å². The third-order valence-electron chi connectivity index (χ3n) is 7.37. The first kappa shape index (κ1) is 28.3. The number of hydrogen-bond donors (Lipinski definition) is 0. The predicted molar refractivity (Wildman–Crippen MR) is 148 cm³/mol. The van der Waals surface area contributed by atoms with Gasteiger partial charge < -0.3 is 14.7 Å². The van der Waals surface area contributed by atoms with Gasteiger partial charge in [-0.1, -0.05) is 17.7 Å². The Hall–Kier alpha value is -3.28. The Morgan fingerprint density at radius 1 is 0.850 bits per heavy atom. The van der Waals surface area contributed by atoms with Crippen LogP contribution in [0.25, 0.3) is 0 Å². The summed E-state index contributed by atoms with van der Waals surface area (Å²) in [6.07, 6.45) is 0. The van der Waals surface area contributed by atoms with Crippen molar-refractivity contribution < 1.29 is 26.4 Å². The van der Waals surface area contributed by atoms with E-state index in [0.717, 1.165) is 18.2 Å². The third-order valence-corrected chi connectivity index (χ3v) is 9.47. The summed E-state index contributed by atoms with van der Waals surface area (Å²) in [5, 5.41) is 0.280. The first-order valence-electron chi connectivity index (χ1n) is 12.8. The molecule has 212 valence electrons. The molecular weight excluding hydrogens is 565 g/mol. The normalized spacial score (nSPS) is 18.7. The largest absolute Gasteiger partial charge is 0.366 e. The van der Waals surface area contributed by atoms with Crippen molar-refractivity contribution in [2.24, 2.45) is 0 Å². The average molecular weight is 593 g/mol. The minimum absolute atomic E-state index is 0.0309. The lowest BCUT2D eigenvalue weighted by Crippen LogP contribution is -2.62. The van der Waals surface area contributed by atoms with Crippen molar-refractivity contribution in [1.29, 1.82) is 0 Å². The summed E-state index contributed by atoms with van der Waals surface area (Å²) in [5.41, 5.74) is 1.39. The molecule has 3 aromatic carbocycles. The zero-order chi connectivity index (χ0) is 28.6. The number of sulfonamides is 1. The van der Waals surface area contributed by atoms with Crippen LogP contribution >= 0.6 is 11.6 Å². The quantitative estimate of drug-likeness (QED) is 0.442. The summed E-state index contributed by atoms with van der Waals surface area (Å²) in [6.45, 7) is 2.97. The molecule has 1 unspecified atom stereocenters. The zero-order valence-electron chi connectivity index (χ0n) is 21.7. The number of amides is 1. The number of hydrogen-bond acceptors (Lipinski definition) is 5. The first-order chi connectivity index (χ1) is 19.0. The maximum atomic E-state index is 14.3. The van der Waals surface area contributed by atoms with Crippen LogP contribution in [-0.2, 0) is 14.8 Å². The molecule has 12 heteroatoms. The lowest BCUT2D eigenvalue weighted by atomic mass is 10.1. The van der Waals surface area contributed by atoms with Gasteiger partial charge in [-0.2, -0.15) is 4.31 Å². The number of carbonyl (C=O) groups excluding carboxylic acids is 1. The smallest absolute Gasteiger partial charge is 0.246 e. The summed E-state index contributed by atoms with van der Waals surface area (Å²) >= 11 is 6.05. The van der Waals surface area contributed by atoms with Crippen molar-refractivity contribution in [3.05, 3.63) is 88.7 Å². The van der Waals surface area contributed by atoms with E-state index >= 15 is 0 Å². The number of halogens is 4. The lowest BCUT2D eigenvalue weighted by Gasteiger charge is -2.45. The van der Waals surface area contributed by atoms with Crippen LogP contribution in [0.5, 0.6) is 0 Å². The molecule has 2 heterocycles. The van der Waals surface area contributed by atoms with E-state index in [9.17, 15) is 26.4 Å². The number of nitrogens with zero attached hydrogens (tertiary/aromatic N) is 4. The monoisotopic (exact) mass is 592 g/mol. The van der Waals surface area contributed by atoms with Crippen LogP contribution in [0, 0.1) is 24.4 Å².